The lowest BCUT2D eigenvalue weighted by atomic mass is 10.3. The number of aromatic nitrogens is 4. The second-order valence-electron chi connectivity index (χ2n) is 5.58. The number of hydrogen-bond donors (Lipinski definition) is 0. The zero-order chi connectivity index (χ0) is 19.3. The summed E-state index contributed by atoms with van der Waals surface area (Å²) in [5, 5.41) is 3.92. The fourth-order valence-corrected chi connectivity index (χ4v) is 3.45. The van der Waals surface area contributed by atoms with Gasteiger partial charge < -0.3 is 0 Å². The molecule has 138 valence electrons. The van der Waals surface area contributed by atoms with E-state index in [4.69, 9.17) is 0 Å². The largest absolute Gasteiger partial charge is 0.417 e. The van der Waals surface area contributed by atoms with Gasteiger partial charge in [-0.05, 0) is 30.7 Å². The summed E-state index contributed by atoms with van der Waals surface area (Å²) in [5.41, 5.74) is -1.48. The molecule has 3 aromatic rings. The van der Waals surface area contributed by atoms with Crippen LogP contribution in [0.5, 0.6) is 0 Å². The highest BCUT2D eigenvalue weighted by atomic mass is 32.2. The van der Waals surface area contributed by atoms with Gasteiger partial charge in [-0.3, -0.25) is 0 Å². The van der Waals surface area contributed by atoms with Gasteiger partial charge in [0.05, 0.1) is 11.3 Å². The third kappa shape index (κ3) is 2.98. The predicted octanol–water partition coefficient (Wildman–Crippen LogP) is 2.00. The average Bonchev–Trinajstić information content (AvgIpc) is 2.90. The molecule has 0 aliphatic heterocycles. The number of nitrogens with zero attached hydrogens (tertiary/aromatic N) is 4. The van der Waals surface area contributed by atoms with E-state index in [1.54, 1.807) is 6.92 Å². The lowest BCUT2D eigenvalue weighted by Gasteiger charge is -2.08. The summed E-state index contributed by atoms with van der Waals surface area (Å²) in [7, 11) is -3.74. The molecule has 3 heterocycles. The van der Waals surface area contributed by atoms with E-state index < -0.39 is 27.3 Å². The molecule has 0 aromatic carbocycles. The molecule has 0 atom stereocenters. The number of sulfone groups is 1. The maximum Gasteiger partial charge on any atom is 0.417 e. The van der Waals surface area contributed by atoms with Gasteiger partial charge in [-0.15, -0.1) is 5.10 Å². The summed E-state index contributed by atoms with van der Waals surface area (Å²) >= 11 is 0. The SMILES string of the molecule is CCS(=O)(=O)c1cc(C)cnc1-n1nc2ccc(C(F)(F)F)cn2c1=O. The molecule has 26 heavy (non-hydrogen) atoms. The van der Waals surface area contributed by atoms with Crippen LogP contribution >= 0.6 is 0 Å². The second kappa shape index (κ2) is 5.94. The molecule has 0 radical (unpaired) electrons. The van der Waals surface area contributed by atoms with Crippen LogP contribution in [0.3, 0.4) is 0 Å². The number of fused-ring (bicyclic) bond motifs is 1. The molecular formula is C15H13F3N4O3S. The van der Waals surface area contributed by atoms with E-state index in [2.05, 4.69) is 10.1 Å². The van der Waals surface area contributed by atoms with Gasteiger partial charge >= 0.3 is 11.9 Å². The van der Waals surface area contributed by atoms with Crippen molar-refractivity contribution in [2.24, 2.45) is 0 Å². The minimum absolute atomic E-state index is 0.0646. The van der Waals surface area contributed by atoms with Crippen molar-refractivity contribution in [2.75, 3.05) is 5.75 Å². The van der Waals surface area contributed by atoms with Crippen molar-refractivity contribution in [2.45, 2.75) is 24.9 Å². The van der Waals surface area contributed by atoms with Gasteiger partial charge in [-0.25, -0.2) is 22.6 Å². The summed E-state index contributed by atoms with van der Waals surface area (Å²) in [5.74, 6) is -0.481. The topological polar surface area (TPSA) is 86.3 Å². The smallest absolute Gasteiger partial charge is 0.249 e. The summed E-state index contributed by atoms with van der Waals surface area (Å²) in [6, 6.07) is 3.17. The Balaban J connectivity index is 2.31. The third-order valence-electron chi connectivity index (χ3n) is 3.73. The normalized spacial score (nSPS) is 12.7. The molecule has 0 unspecified atom stereocenters. The van der Waals surface area contributed by atoms with Crippen molar-refractivity contribution in [3.05, 3.63) is 52.2 Å². The number of pyridine rings is 2. The van der Waals surface area contributed by atoms with E-state index in [9.17, 15) is 26.4 Å². The Hall–Kier alpha value is -2.69. The Morgan fingerprint density at radius 3 is 2.54 bits per heavy atom. The zero-order valence-corrected chi connectivity index (χ0v) is 14.5. The zero-order valence-electron chi connectivity index (χ0n) is 13.6. The maximum absolute atomic E-state index is 12.9. The van der Waals surface area contributed by atoms with Crippen LogP contribution in [0.25, 0.3) is 11.5 Å². The molecule has 11 heteroatoms. The van der Waals surface area contributed by atoms with Crippen LogP contribution < -0.4 is 5.69 Å². The lowest BCUT2D eigenvalue weighted by molar-refractivity contribution is -0.137. The summed E-state index contributed by atoms with van der Waals surface area (Å²) in [6.45, 7) is 3.07. The molecule has 0 aliphatic carbocycles. The summed E-state index contributed by atoms with van der Waals surface area (Å²) < 4.78 is 64.6. The Morgan fingerprint density at radius 1 is 1.23 bits per heavy atom. The Labute approximate surface area is 145 Å². The van der Waals surface area contributed by atoms with Crippen LogP contribution in [0.2, 0.25) is 0 Å². The van der Waals surface area contributed by atoms with Crippen LogP contribution in [0, 0.1) is 6.92 Å². The van der Waals surface area contributed by atoms with Gasteiger partial charge in [0.25, 0.3) is 0 Å². The van der Waals surface area contributed by atoms with Crippen LogP contribution in [-0.2, 0) is 16.0 Å². The molecule has 3 rings (SSSR count). The molecule has 0 saturated heterocycles. The van der Waals surface area contributed by atoms with Crippen molar-refractivity contribution in [3.63, 3.8) is 0 Å². The van der Waals surface area contributed by atoms with E-state index in [1.807, 2.05) is 0 Å². The first-order valence-electron chi connectivity index (χ1n) is 7.43. The Bertz CT molecular complexity index is 1160. The third-order valence-corrected chi connectivity index (χ3v) is 5.46. The molecule has 0 spiro atoms. The molecule has 0 fully saturated rings. The Morgan fingerprint density at radius 2 is 1.92 bits per heavy atom. The molecule has 0 amide bonds. The molecule has 7 nitrogen and oxygen atoms in total. The van der Waals surface area contributed by atoms with Crippen LogP contribution in [0.4, 0.5) is 13.2 Å². The molecule has 0 N–H and O–H groups in total. The van der Waals surface area contributed by atoms with E-state index in [1.165, 1.54) is 19.2 Å². The molecular weight excluding hydrogens is 373 g/mol. The first kappa shape index (κ1) is 18.1. The summed E-state index contributed by atoms with van der Waals surface area (Å²) in [6.07, 6.45) is -2.67. The van der Waals surface area contributed by atoms with Crippen molar-refractivity contribution >= 4 is 15.5 Å². The monoisotopic (exact) mass is 386 g/mol. The van der Waals surface area contributed by atoms with E-state index in [-0.39, 0.29) is 22.1 Å². The van der Waals surface area contributed by atoms with E-state index >= 15 is 0 Å². The molecule has 3 aromatic heterocycles. The summed E-state index contributed by atoms with van der Waals surface area (Å²) in [4.78, 5) is 16.3. The van der Waals surface area contributed by atoms with Crippen molar-refractivity contribution < 1.29 is 21.6 Å². The van der Waals surface area contributed by atoms with Crippen molar-refractivity contribution in [1.29, 1.82) is 0 Å². The lowest BCUT2D eigenvalue weighted by Crippen LogP contribution is -2.23. The first-order valence-corrected chi connectivity index (χ1v) is 9.08. The van der Waals surface area contributed by atoms with Gasteiger partial charge in [-0.1, -0.05) is 6.92 Å². The fraction of sp³-hybridized carbons (Fsp3) is 0.267. The quantitative estimate of drug-likeness (QED) is 0.687. The fourth-order valence-electron chi connectivity index (χ4n) is 2.36. The highest BCUT2D eigenvalue weighted by Crippen LogP contribution is 2.29. The van der Waals surface area contributed by atoms with Gasteiger partial charge in [0.15, 0.2) is 21.3 Å². The molecule has 0 bridgehead atoms. The average molecular weight is 386 g/mol. The number of alkyl halides is 3. The minimum Gasteiger partial charge on any atom is -0.249 e. The number of rotatable bonds is 3. The van der Waals surface area contributed by atoms with Gasteiger partial charge in [-0.2, -0.15) is 17.9 Å². The van der Waals surface area contributed by atoms with Crippen LogP contribution in [0.15, 0.2) is 40.3 Å². The highest BCUT2D eigenvalue weighted by molar-refractivity contribution is 7.91. The second-order valence-corrected chi connectivity index (χ2v) is 7.82. The van der Waals surface area contributed by atoms with Crippen molar-refractivity contribution in [1.82, 2.24) is 19.2 Å². The Kier molecular flexibility index (Phi) is 4.14. The first-order chi connectivity index (χ1) is 12.0. The highest BCUT2D eigenvalue weighted by Gasteiger charge is 2.31. The van der Waals surface area contributed by atoms with E-state index in [0.29, 0.717) is 20.8 Å². The maximum atomic E-state index is 12.9. The molecule has 0 aliphatic rings. The number of hydrogen-bond acceptors (Lipinski definition) is 5. The van der Waals surface area contributed by atoms with Gasteiger partial charge in [0, 0.05) is 12.4 Å². The van der Waals surface area contributed by atoms with Gasteiger partial charge in [0.1, 0.15) is 4.90 Å². The predicted molar refractivity (Wildman–Crippen MR) is 86.0 cm³/mol. The standard InChI is InChI=1S/C15H13F3N4O3S/c1-3-26(24,25)11-6-9(2)7-19-13(11)22-14(23)21-8-10(15(16,17)18)4-5-12(21)20-22/h4-8H,3H2,1-2H3. The number of aryl methyl sites for hydroxylation is 1. The van der Waals surface area contributed by atoms with Crippen LogP contribution in [0.1, 0.15) is 18.1 Å². The number of halogens is 3. The van der Waals surface area contributed by atoms with E-state index in [0.717, 1.165) is 12.1 Å². The van der Waals surface area contributed by atoms with Crippen LogP contribution in [-0.4, -0.2) is 33.3 Å². The minimum atomic E-state index is -4.63. The van der Waals surface area contributed by atoms with Crippen molar-refractivity contribution in [3.8, 4) is 5.82 Å². The molecule has 0 saturated carbocycles. The van der Waals surface area contributed by atoms with Gasteiger partial charge in [0.2, 0.25) is 0 Å².